The first-order chi connectivity index (χ1) is 9.25. The Bertz CT molecular complexity index is 570. The molecule has 0 saturated heterocycles. The van der Waals surface area contributed by atoms with Crippen LogP contribution >= 0.6 is 0 Å². The number of aromatic nitrogens is 6. The molecule has 1 amide bonds. The molecule has 0 radical (unpaired) electrons. The van der Waals surface area contributed by atoms with Gasteiger partial charge in [0.2, 0.25) is 0 Å². The second-order valence-electron chi connectivity index (χ2n) is 4.70. The number of carbonyl (C=O) groups is 1. The molecule has 19 heavy (non-hydrogen) atoms. The lowest BCUT2D eigenvalue weighted by molar-refractivity contribution is 0.0944. The van der Waals surface area contributed by atoms with Crippen molar-refractivity contribution < 1.29 is 4.79 Å². The summed E-state index contributed by atoms with van der Waals surface area (Å²) in [5, 5.41) is 20.8. The predicted octanol–water partition coefficient (Wildman–Crippen LogP) is 0.131. The number of rotatable bonds is 4. The van der Waals surface area contributed by atoms with Gasteiger partial charge in [-0.1, -0.05) is 6.42 Å². The van der Waals surface area contributed by atoms with E-state index >= 15 is 0 Å². The summed E-state index contributed by atoms with van der Waals surface area (Å²) in [5.41, 5.74) is 0.265. The van der Waals surface area contributed by atoms with E-state index in [1.165, 1.54) is 25.5 Å². The second kappa shape index (κ2) is 4.79. The third-order valence-electron chi connectivity index (χ3n) is 3.52. The fraction of sp³-hybridized carbons (Fsp3) is 0.545. The quantitative estimate of drug-likeness (QED) is 0.814. The number of carbonyl (C=O) groups excluding carboxylic acids is 1. The third kappa shape index (κ3) is 2.20. The molecule has 2 heterocycles. The van der Waals surface area contributed by atoms with Crippen molar-refractivity contribution in [1.82, 2.24) is 35.5 Å². The maximum Gasteiger partial charge on any atom is 0.273 e. The minimum Gasteiger partial charge on any atom is -0.343 e. The van der Waals surface area contributed by atoms with Crippen molar-refractivity contribution in [3.05, 3.63) is 23.5 Å². The highest BCUT2D eigenvalue weighted by molar-refractivity contribution is 5.91. The zero-order chi connectivity index (χ0) is 13.2. The largest absolute Gasteiger partial charge is 0.343 e. The Morgan fingerprint density at radius 2 is 2.37 bits per heavy atom. The van der Waals surface area contributed by atoms with Crippen LogP contribution in [0, 0.1) is 0 Å². The van der Waals surface area contributed by atoms with Gasteiger partial charge in [-0.3, -0.25) is 4.79 Å². The van der Waals surface area contributed by atoms with Crippen LogP contribution in [0.1, 0.15) is 47.3 Å². The van der Waals surface area contributed by atoms with Crippen LogP contribution < -0.4 is 5.32 Å². The molecule has 0 atom stereocenters. The van der Waals surface area contributed by atoms with Gasteiger partial charge >= 0.3 is 0 Å². The average Bonchev–Trinajstić information content (AvgIpc) is 2.97. The van der Waals surface area contributed by atoms with Gasteiger partial charge in [0.25, 0.3) is 5.91 Å². The highest BCUT2D eigenvalue weighted by Crippen LogP contribution is 2.34. The Morgan fingerprint density at radius 1 is 1.53 bits per heavy atom. The molecule has 8 heteroatoms. The van der Waals surface area contributed by atoms with Crippen LogP contribution in [0.2, 0.25) is 0 Å². The fourth-order valence-electron chi connectivity index (χ4n) is 2.11. The lowest BCUT2D eigenvalue weighted by atomic mass is 9.85. The molecule has 1 saturated carbocycles. The van der Waals surface area contributed by atoms with Gasteiger partial charge < -0.3 is 9.88 Å². The molecule has 1 aliphatic carbocycles. The van der Waals surface area contributed by atoms with Crippen LogP contribution in [0.25, 0.3) is 0 Å². The molecule has 0 aromatic carbocycles. The molecule has 0 bridgehead atoms. The number of amides is 1. The Balaban J connectivity index is 1.64. The molecule has 1 aliphatic rings. The SMILES string of the molecule is Cn1c(CNC(=O)c2cn[nH]n2)nnc1C1CCC1. The second-order valence-corrected chi connectivity index (χ2v) is 4.70. The van der Waals surface area contributed by atoms with Gasteiger partial charge in [-0.25, -0.2) is 0 Å². The van der Waals surface area contributed by atoms with E-state index < -0.39 is 0 Å². The van der Waals surface area contributed by atoms with Crippen molar-refractivity contribution in [2.45, 2.75) is 31.7 Å². The molecule has 100 valence electrons. The van der Waals surface area contributed by atoms with E-state index in [0.29, 0.717) is 12.5 Å². The normalized spacial score (nSPS) is 15.2. The number of H-pyrrole nitrogens is 1. The van der Waals surface area contributed by atoms with Gasteiger partial charge in [0.15, 0.2) is 11.5 Å². The van der Waals surface area contributed by atoms with E-state index in [1.807, 2.05) is 11.6 Å². The minimum absolute atomic E-state index is 0.265. The number of nitrogens with one attached hydrogen (secondary N) is 2. The van der Waals surface area contributed by atoms with Crippen molar-refractivity contribution in [2.75, 3.05) is 0 Å². The molecule has 2 N–H and O–H groups in total. The highest BCUT2D eigenvalue weighted by Gasteiger charge is 2.25. The van der Waals surface area contributed by atoms with E-state index in [2.05, 4.69) is 30.9 Å². The van der Waals surface area contributed by atoms with Crippen molar-refractivity contribution in [1.29, 1.82) is 0 Å². The lowest BCUT2D eigenvalue weighted by Gasteiger charge is -2.24. The maximum absolute atomic E-state index is 11.7. The van der Waals surface area contributed by atoms with Crippen LogP contribution in [0.15, 0.2) is 6.20 Å². The van der Waals surface area contributed by atoms with Crippen LogP contribution in [0.4, 0.5) is 0 Å². The zero-order valence-corrected chi connectivity index (χ0v) is 10.6. The first-order valence-corrected chi connectivity index (χ1v) is 6.28. The molecular weight excluding hydrogens is 246 g/mol. The van der Waals surface area contributed by atoms with Crippen molar-refractivity contribution >= 4 is 5.91 Å². The van der Waals surface area contributed by atoms with E-state index in [0.717, 1.165) is 11.6 Å². The summed E-state index contributed by atoms with van der Waals surface area (Å²) in [6.45, 7) is 0.335. The van der Waals surface area contributed by atoms with E-state index in [1.54, 1.807) is 0 Å². The molecule has 2 aromatic heterocycles. The topological polar surface area (TPSA) is 101 Å². The van der Waals surface area contributed by atoms with E-state index in [-0.39, 0.29) is 11.6 Å². The monoisotopic (exact) mass is 261 g/mol. The number of nitrogens with zero attached hydrogens (tertiary/aromatic N) is 5. The van der Waals surface area contributed by atoms with Crippen molar-refractivity contribution in [2.24, 2.45) is 7.05 Å². The molecule has 2 aromatic rings. The molecule has 3 rings (SSSR count). The Kier molecular flexibility index (Phi) is 2.98. The van der Waals surface area contributed by atoms with Gasteiger partial charge in [-0.05, 0) is 12.8 Å². The van der Waals surface area contributed by atoms with Crippen molar-refractivity contribution in [3.63, 3.8) is 0 Å². The number of hydrogen-bond donors (Lipinski definition) is 2. The molecule has 8 nitrogen and oxygen atoms in total. The first kappa shape index (κ1) is 11.8. The van der Waals surface area contributed by atoms with Crippen LogP contribution in [0.3, 0.4) is 0 Å². The van der Waals surface area contributed by atoms with Gasteiger partial charge in [-0.2, -0.15) is 15.4 Å². The molecule has 0 unspecified atom stereocenters. The van der Waals surface area contributed by atoms with Crippen molar-refractivity contribution in [3.8, 4) is 0 Å². The number of hydrogen-bond acceptors (Lipinski definition) is 5. The minimum atomic E-state index is -0.276. The van der Waals surface area contributed by atoms with E-state index in [9.17, 15) is 4.79 Å². The summed E-state index contributed by atoms with van der Waals surface area (Å²) in [5.74, 6) is 2.01. The standard InChI is InChI=1S/C11H15N7O/c1-18-9(15-16-10(18)7-3-2-4-7)6-12-11(19)8-5-13-17-14-8/h5,7H,2-4,6H2,1H3,(H,12,19)(H,13,14,17). The van der Waals surface area contributed by atoms with E-state index in [4.69, 9.17) is 0 Å². The summed E-state index contributed by atoms with van der Waals surface area (Å²) < 4.78 is 1.97. The molecule has 0 aliphatic heterocycles. The summed E-state index contributed by atoms with van der Waals surface area (Å²) >= 11 is 0. The highest BCUT2D eigenvalue weighted by atomic mass is 16.2. The maximum atomic E-state index is 11.7. The van der Waals surface area contributed by atoms with Gasteiger partial charge in [0.1, 0.15) is 5.82 Å². The van der Waals surface area contributed by atoms with Crippen LogP contribution in [0.5, 0.6) is 0 Å². The predicted molar refractivity (Wildman–Crippen MR) is 65.1 cm³/mol. The Labute approximate surface area is 109 Å². The third-order valence-corrected chi connectivity index (χ3v) is 3.52. The molecule has 0 spiro atoms. The lowest BCUT2D eigenvalue weighted by Crippen LogP contribution is -2.25. The summed E-state index contributed by atoms with van der Waals surface area (Å²) in [6.07, 6.45) is 5.00. The van der Waals surface area contributed by atoms with Crippen LogP contribution in [-0.4, -0.2) is 36.1 Å². The van der Waals surface area contributed by atoms with Gasteiger partial charge in [-0.15, -0.1) is 10.2 Å². The van der Waals surface area contributed by atoms with Gasteiger partial charge in [0, 0.05) is 13.0 Å². The molecule has 1 fully saturated rings. The zero-order valence-electron chi connectivity index (χ0n) is 10.6. The first-order valence-electron chi connectivity index (χ1n) is 6.28. The summed E-state index contributed by atoms with van der Waals surface area (Å²) in [6, 6.07) is 0. The van der Waals surface area contributed by atoms with Gasteiger partial charge in [0.05, 0.1) is 12.7 Å². The summed E-state index contributed by atoms with van der Waals surface area (Å²) in [4.78, 5) is 11.7. The average molecular weight is 261 g/mol. The van der Waals surface area contributed by atoms with Crippen LogP contribution in [-0.2, 0) is 13.6 Å². The number of aromatic amines is 1. The fourth-order valence-corrected chi connectivity index (χ4v) is 2.11. The smallest absolute Gasteiger partial charge is 0.273 e. The molecular formula is C11H15N7O. The summed E-state index contributed by atoms with van der Waals surface area (Å²) in [7, 11) is 1.94. The Hall–Kier alpha value is -2.25. The Morgan fingerprint density at radius 3 is 3.00 bits per heavy atom.